The summed E-state index contributed by atoms with van der Waals surface area (Å²) < 4.78 is 29.9. The highest BCUT2D eigenvalue weighted by Crippen LogP contribution is 2.26. The van der Waals surface area contributed by atoms with Gasteiger partial charge in [0.25, 0.3) is 12.3 Å². The van der Waals surface area contributed by atoms with Crippen molar-refractivity contribution in [1.82, 2.24) is 29.7 Å². The number of halogens is 2. The van der Waals surface area contributed by atoms with Crippen LogP contribution in [0.1, 0.15) is 33.9 Å². The van der Waals surface area contributed by atoms with Crippen molar-refractivity contribution in [2.24, 2.45) is 7.05 Å². The molecule has 0 bridgehead atoms. The van der Waals surface area contributed by atoms with Crippen molar-refractivity contribution in [3.63, 3.8) is 0 Å². The molecule has 1 amide bonds. The lowest BCUT2D eigenvalue weighted by molar-refractivity contribution is 0.0951. The van der Waals surface area contributed by atoms with Gasteiger partial charge in [-0.3, -0.25) is 9.48 Å². The van der Waals surface area contributed by atoms with E-state index in [1.165, 1.54) is 12.3 Å². The fourth-order valence-corrected chi connectivity index (χ4v) is 3.05. The molecule has 3 aromatic heterocycles. The van der Waals surface area contributed by atoms with Crippen LogP contribution in [0.25, 0.3) is 16.9 Å². The van der Waals surface area contributed by atoms with E-state index in [4.69, 9.17) is 0 Å². The first-order valence-electron chi connectivity index (χ1n) is 8.94. The average Bonchev–Trinajstić information content (AvgIpc) is 3.29. The van der Waals surface area contributed by atoms with Gasteiger partial charge in [-0.05, 0) is 19.1 Å². The van der Waals surface area contributed by atoms with E-state index >= 15 is 0 Å². The average molecular weight is 396 g/mol. The van der Waals surface area contributed by atoms with Crippen LogP contribution in [0.2, 0.25) is 0 Å². The maximum atomic E-state index is 13.6. The van der Waals surface area contributed by atoms with Crippen molar-refractivity contribution in [2.75, 3.05) is 0 Å². The first-order chi connectivity index (χ1) is 13.9. The Morgan fingerprint density at radius 2 is 1.97 bits per heavy atom. The summed E-state index contributed by atoms with van der Waals surface area (Å²) in [6, 6.07) is 12.1. The standard InChI is InChI=1S/C20H18F2N6O/c1-12-8-14(26-27(12)2)10-23-20(29)15-11-24-28-17(18(21)22)9-16(25-19(15)28)13-6-4-3-5-7-13/h3-9,11,18H,10H2,1-2H3,(H,23,29). The second-order valence-electron chi connectivity index (χ2n) is 6.61. The lowest BCUT2D eigenvalue weighted by Gasteiger charge is -2.08. The predicted molar refractivity (Wildman–Crippen MR) is 102 cm³/mol. The van der Waals surface area contributed by atoms with Gasteiger partial charge in [-0.25, -0.2) is 18.3 Å². The van der Waals surface area contributed by atoms with Gasteiger partial charge in [0.15, 0.2) is 5.65 Å². The minimum atomic E-state index is -2.77. The Labute approximate surface area is 165 Å². The van der Waals surface area contributed by atoms with Gasteiger partial charge in [-0.15, -0.1) is 0 Å². The normalized spacial score (nSPS) is 11.3. The SMILES string of the molecule is Cc1cc(CNC(=O)c2cnn3c(C(F)F)cc(-c4ccccc4)nc23)nn1C. The van der Waals surface area contributed by atoms with Crippen molar-refractivity contribution < 1.29 is 13.6 Å². The molecular weight excluding hydrogens is 378 g/mol. The number of nitrogens with one attached hydrogen (secondary N) is 1. The van der Waals surface area contributed by atoms with E-state index in [9.17, 15) is 13.6 Å². The van der Waals surface area contributed by atoms with Crippen molar-refractivity contribution in [3.8, 4) is 11.3 Å². The Balaban J connectivity index is 1.70. The molecule has 0 atom stereocenters. The minimum absolute atomic E-state index is 0.0800. The van der Waals surface area contributed by atoms with E-state index in [2.05, 4.69) is 20.5 Å². The number of alkyl halides is 2. The summed E-state index contributed by atoms with van der Waals surface area (Å²) >= 11 is 0. The summed E-state index contributed by atoms with van der Waals surface area (Å²) in [5, 5.41) is 11.0. The number of aryl methyl sites for hydroxylation is 2. The molecular formula is C20H18F2N6O. The van der Waals surface area contributed by atoms with E-state index in [1.54, 1.807) is 28.9 Å². The van der Waals surface area contributed by atoms with Gasteiger partial charge in [0.1, 0.15) is 11.3 Å². The number of rotatable bonds is 5. The molecule has 3 heterocycles. The second kappa shape index (κ2) is 7.42. The summed E-state index contributed by atoms with van der Waals surface area (Å²) in [5.74, 6) is -0.457. The Kier molecular flexibility index (Phi) is 4.79. The third-order valence-electron chi connectivity index (χ3n) is 4.63. The van der Waals surface area contributed by atoms with Crippen molar-refractivity contribution in [2.45, 2.75) is 19.9 Å². The zero-order valence-electron chi connectivity index (χ0n) is 15.8. The van der Waals surface area contributed by atoms with E-state index in [0.29, 0.717) is 17.0 Å². The Bertz CT molecular complexity index is 1160. The molecule has 1 aromatic carbocycles. The zero-order valence-corrected chi connectivity index (χ0v) is 15.8. The van der Waals surface area contributed by atoms with Crippen LogP contribution in [-0.2, 0) is 13.6 Å². The zero-order chi connectivity index (χ0) is 20.5. The molecule has 0 fully saturated rings. The molecule has 0 spiro atoms. The number of fused-ring (bicyclic) bond motifs is 1. The van der Waals surface area contributed by atoms with Crippen LogP contribution in [0.5, 0.6) is 0 Å². The summed E-state index contributed by atoms with van der Waals surface area (Å²) in [6.07, 6.45) is -1.52. The van der Waals surface area contributed by atoms with Crippen molar-refractivity contribution in [1.29, 1.82) is 0 Å². The van der Waals surface area contributed by atoms with Gasteiger partial charge in [-0.2, -0.15) is 10.2 Å². The van der Waals surface area contributed by atoms with Crippen LogP contribution in [0.15, 0.2) is 48.7 Å². The lowest BCUT2D eigenvalue weighted by atomic mass is 10.1. The Morgan fingerprint density at radius 3 is 2.62 bits per heavy atom. The van der Waals surface area contributed by atoms with Gasteiger partial charge in [-0.1, -0.05) is 30.3 Å². The van der Waals surface area contributed by atoms with Crippen LogP contribution >= 0.6 is 0 Å². The molecule has 0 aliphatic heterocycles. The fraction of sp³-hybridized carbons (Fsp3) is 0.200. The molecule has 9 heteroatoms. The van der Waals surface area contributed by atoms with E-state index < -0.39 is 12.3 Å². The number of carbonyl (C=O) groups excluding carboxylic acids is 1. The maximum absolute atomic E-state index is 13.6. The van der Waals surface area contributed by atoms with Crippen molar-refractivity contribution in [3.05, 3.63) is 71.3 Å². The largest absolute Gasteiger partial charge is 0.346 e. The summed E-state index contributed by atoms with van der Waals surface area (Å²) in [6.45, 7) is 2.11. The van der Waals surface area contributed by atoms with Crippen LogP contribution in [-0.4, -0.2) is 30.3 Å². The Hall–Kier alpha value is -3.62. The van der Waals surface area contributed by atoms with Crippen molar-refractivity contribution >= 4 is 11.6 Å². The topological polar surface area (TPSA) is 77.1 Å². The summed E-state index contributed by atoms with van der Waals surface area (Å²) in [4.78, 5) is 17.1. The third-order valence-corrected chi connectivity index (χ3v) is 4.63. The highest BCUT2D eigenvalue weighted by atomic mass is 19.3. The number of benzene rings is 1. The van der Waals surface area contributed by atoms with Crippen LogP contribution < -0.4 is 5.32 Å². The first-order valence-corrected chi connectivity index (χ1v) is 8.94. The number of amides is 1. The second-order valence-corrected chi connectivity index (χ2v) is 6.61. The highest BCUT2D eigenvalue weighted by molar-refractivity contribution is 5.99. The number of hydrogen-bond acceptors (Lipinski definition) is 4. The third kappa shape index (κ3) is 3.58. The molecule has 0 aliphatic carbocycles. The first kappa shape index (κ1) is 18.7. The molecule has 0 aliphatic rings. The molecule has 0 saturated heterocycles. The van der Waals surface area contributed by atoms with Gasteiger partial charge >= 0.3 is 0 Å². The summed E-state index contributed by atoms with van der Waals surface area (Å²) in [7, 11) is 1.81. The molecule has 0 saturated carbocycles. The molecule has 0 unspecified atom stereocenters. The van der Waals surface area contributed by atoms with Crippen LogP contribution in [0.4, 0.5) is 8.78 Å². The van der Waals surface area contributed by atoms with Crippen LogP contribution in [0, 0.1) is 6.92 Å². The number of hydrogen-bond donors (Lipinski definition) is 1. The lowest BCUT2D eigenvalue weighted by Crippen LogP contribution is -2.23. The molecule has 29 heavy (non-hydrogen) atoms. The fourth-order valence-electron chi connectivity index (χ4n) is 3.05. The molecule has 1 N–H and O–H groups in total. The highest BCUT2D eigenvalue weighted by Gasteiger charge is 2.21. The van der Waals surface area contributed by atoms with E-state index in [-0.39, 0.29) is 23.4 Å². The van der Waals surface area contributed by atoms with Gasteiger partial charge in [0.05, 0.1) is 24.1 Å². The molecule has 0 radical (unpaired) electrons. The van der Waals surface area contributed by atoms with Crippen LogP contribution in [0.3, 0.4) is 0 Å². The number of nitrogens with zero attached hydrogens (tertiary/aromatic N) is 5. The van der Waals surface area contributed by atoms with Gasteiger partial charge in [0.2, 0.25) is 0 Å². The monoisotopic (exact) mass is 396 g/mol. The summed E-state index contributed by atoms with van der Waals surface area (Å²) in [5.41, 5.74) is 2.56. The van der Waals surface area contributed by atoms with Gasteiger partial charge in [0, 0.05) is 18.3 Å². The number of carbonyl (C=O) groups is 1. The molecule has 4 rings (SSSR count). The smallest absolute Gasteiger partial charge is 0.280 e. The molecule has 4 aromatic rings. The van der Waals surface area contributed by atoms with Gasteiger partial charge < -0.3 is 5.32 Å². The number of aromatic nitrogens is 5. The Morgan fingerprint density at radius 1 is 1.21 bits per heavy atom. The maximum Gasteiger partial charge on any atom is 0.280 e. The molecule has 148 valence electrons. The quantitative estimate of drug-likeness (QED) is 0.562. The van der Waals surface area contributed by atoms with E-state index in [1.807, 2.05) is 26.1 Å². The minimum Gasteiger partial charge on any atom is -0.346 e. The predicted octanol–water partition coefficient (Wildman–Crippen LogP) is 3.31. The molecule has 7 nitrogen and oxygen atoms in total. The van der Waals surface area contributed by atoms with E-state index in [0.717, 1.165) is 10.2 Å².